The number of hydrogen-bond acceptors (Lipinski definition) is 4. The average molecular weight is 332 g/mol. The zero-order chi connectivity index (χ0) is 16.2. The molecule has 1 unspecified atom stereocenters. The van der Waals surface area contributed by atoms with Gasteiger partial charge in [-0.05, 0) is 23.6 Å². The van der Waals surface area contributed by atoms with Gasteiger partial charge in [0, 0.05) is 24.8 Å². The van der Waals surface area contributed by atoms with Gasteiger partial charge in [-0.1, -0.05) is 19.1 Å². The fourth-order valence-corrected chi connectivity index (χ4v) is 3.26. The quantitative estimate of drug-likeness (QED) is 0.755. The summed E-state index contributed by atoms with van der Waals surface area (Å²) in [7, 11) is 0. The fraction of sp³-hybridized carbons (Fsp3) is 0.312. The first-order chi connectivity index (χ1) is 11.1. The minimum Gasteiger partial charge on any atom is -0.356 e. The van der Waals surface area contributed by atoms with Crippen molar-refractivity contribution in [3.05, 3.63) is 53.0 Å². The predicted molar refractivity (Wildman–Crippen MR) is 87.0 cm³/mol. The van der Waals surface area contributed by atoms with Crippen LogP contribution in [0, 0.1) is 5.82 Å². The summed E-state index contributed by atoms with van der Waals surface area (Å²) in [4.78, 5) is 17.0. The molecule has 0 aliphatic heterocycles. The molecule has 5 nitrogen and oxygen atoms in total. The van der Waals surface area contributed by atoms with Gasteiger partial charge >= 0.3 is 0 Å². The van der Waals surface area contributed by atoms with Gasteiger partial charge in [-0.2, -0.15) is 5.10 Å². The summed E-state index contributed by atoms with van der Waals surface area (Å²) in [5, 5.41) is 9.07. The van der Waals surface area contributed by atoms with E-state index < -0.39 is 0 Å². The molecule has 0 aliphatic carbocycles. The van der Waals surface area contributed by atoms with E-state index in [0.29, 0.717) is 19.4 Å². The molecule has 1 amide bonds. The number of carbonyl (C=O) groups excluding carboxylic acids is 1. The molecule has 1 N–H and O–H groups in total. The zero-order valence-corrected chi connectivity index (χ0v) is 13.5. The van der Waals surface area contributed by atoms with Crippen LogP contribution in [0.3, 0.4) is 0 Å². The van der Waals surface area contributed by atoms with E-state index in [1.807, 2.05) is 12.3 Å². The molecular weight excluding hydrogens is 315 g/mol. The van der Waals surface area contributed by atoms with Crippen molar-refractivity contribution >= 4 is 22.2 Å². The third kappa shape index (κ3) is 3.73. The number of halogens is 1. The van der Waals surface area contributed by atoms with Crippen molar-refractivity contribution in [1.82, 2.24) is 19.9 Å². The molecule has 0 saturated carbocycles. The van der Waals surface area contributed by atoms with Crippen molar-refractivity contribution < 1.29 is 9.18 Å². The fourth-order valence-electron chi connectivity index (χ4n) is 2.43. The van der Waals surface area contributed by atoms with E-state index in [4.69, 9.17) is 0 Å². The molecule has 0 saturated heterocycles. The van der Waals surface area contributed by atoms with E-state index >= 15 is 0 Å². The van der Waals surface area contributed by atoms with Crippen molar-refractivity contribution in [2.75, 3.05) is 6.54 Å². The monoisotopic (exact) mass is 332 g/mol. The smallest absolute Gasteiger partial charge is 0.220 e. The Labute approximate surface area is 137 Å². The van der Waals surface area contributed by atoms with Gasteiger partial charge in [0.25, 0.3) is 0 Å². The minimum atomic E-state index is -0.263. The first-order valence-electron chi connectivity index (χ1n) is 7.42. The molecule has 23 heavy (non-hydrogen) atoms. The molecule has 1 aromatic carbocycles. The Bertz CT molecular complexity index is 796. The molecule has 0 aliphatic rings. The second-order valence-electron chi connectivity index (χ2n) is 5.44. The molecule has 0 radical (unpaired) electrons. The Morgan fingerprint density at radius 1 is 1.39 bits per heavy atom. The topological polar surface area (TPSA) is 59.3 Å². The molecule has 7 heteroatoms. The standard InChI is InChI=1S/C16H17FN4OS/c1-11(12-2-4-13(17)5-3-12)8-15(22)18-7-6-14-9-23-16-19-10-20-21(14)16/h2-5,9-11H,6-8H2,1H3,(H,18,22). The predicted octanol–water partition coefficient (Wildman–Crippen LogP) is 2.78. The molecule has 120 valence electrons. The van der Waals surface area contributed by atoms with E-state index in [2.05, 4.69) is 15.4 Å². The highest BCUT2D eigenvalue weighted by Gasteiger charge is 2.12. The highest BCUT2D eigenvalue weighted by molar-refractivity contribution is 7.15. The van der Waals surface area contributed by atoms with Crippen molar-refractivity contribution in [2.24, 2.45) is 0 Å². The first-order valence-corrected chi connectivity index (χ1v) is 8.29. The van der Waals surface area contributed by atoms with Gasteiger partial charge in [-0.3, -0.25) is 4.79 Å². The first kappa shape index (κ1) is 15.6. The van der Waals surface area contributed by atoms with Crippen LogP contribution in [0.25, 0.3) is 4.96 Å². The normalized spacial score (nSPS) is 12.4. The van der Waals surface area contributed by atoms with Crippen LogP contribution in [0.1, 0.15) is 30.5 Å². The maximum absolute atomic E-state index is 12.9. The molecule has 0 fully saturated rings. The Hall–Kier alpha value is -2.28. The van der Waals surface area contributed by atoms with E-state index in [0.717, 1.165) is 16.2 Å². The summed E-state index contributed by atoms with van der Waals surface area (Å²) in [6.45, 7) is 2.52. The zero-order valence-electron chi connectivity index (χ0n) is 12.7. The van der Waals surface area contributed by atoms with Gasteiger partial charge in [-0.25, -0.2) is 13.9 Å². The van der Waals surface area contributed by atoms with Crippen LogP contribution in [0.5, 0.6) is 0 Å². The third-order valence-corrected chi connectivity index (χ3v) is 4.60. The third-order valence-electron chi connectivity index (χ3n) is 3.72. The van der Waals surface area contributed by atoms with Crippen molar-refractivity contribution in [3.63, 3.8) is 0 Å². The van der Waals surface area contributed by atoms with E-state index in [9.17, 15) is 9.18 Å². The van der Waals surface area contributed by atoms with E-state index in [1.165, 1.54) is 29.8 Å². The van der Waals surface area contributed by atoms with Gasteiger partial charge in [0.05, 0.1) is 5.69 Å². The van der Waals surface area contributed by atoms with Crippen molar-refractivity contribution in [2.45, 2.75) is 25.7 Å². The Morgan fingerprint density at radius 2 is 2.17 bits per heavy atom. The number of carbonyl (C=O) groups is 1. The van der Waals surface area contributed by atoms with Crippen molar-refractivity contribution in [1.29, 1.82) is 0 Å². The SMILES string of the molecule is CC(CC(=O)NCCc1csc2ncnn12)c1ccc(F)cc1. The van der Waals surface area contributed by atoms with Crippen LogP contribution in [0.15, 0.2) is 36.0 Å². The summed E-state index contributed by atoms with van der Waals surface area (Å²) in [6.07, 6.45) is 2.62. The summed E-state index contributed by atoms with van der Waals surface area (Å²) < 4.78 is 14.7. The summed E-state index contributed by atoms with van der Waals surface area (Å²) in [5.74, 6) is -0.216. The largest absolute Gasteiger partial charge is 0.356 e. The summed E-state index contributed by atoms with van der Waals surface area (Å²) >= 11 is 1.53. The summed E-state index contributed by atoms with van der Waals surface area (Å²) in [5.41, 5.74) is 2.00. The van der Waals surface area contributed by atoms with Crippen LogP contribution in [0.4, 0.5) is 4.39 Å². The second kappa shape index (κ2) is 6.87. The molecule has 0 spiro atoms. The van der Waals surface area contributed by atoms with Crippen molar-refractivity contribution in [3.8, 4) is 0 Å². The number of thiazole rings is 1. The molecular formula is C16H17FN4OS. The van der Waals surface area contributed by atoms with Gasteiger partial charge in [0.1, 0.15) is 12.1 Å². The Balaban J connectivity index is 1.48. The van der Waals surface area contributed by atoms with Gasteiger partial charge < -0.3 is 5.32 Å². The number of benzene rings is 1. The Morgan fingerprint density at radius 3 is 2.96 bits per heavy atom. The number of aromatic nitrogens is 3. The molecule has 0 bridgehead atoms. The minimum absolute atomic E-state index is 0.00751. The lowest BCUT2D eigenvalue weighted by molar-refractivity contribution is -0.121. The molecule has 1 atom stereocenters. The number of nitrogens with zero attached hydrogens (tertiary/aromatic N) is 3. The lowest BCUT2D eigenvalue weighted by Gasteiger charge is -2.12. The maximum atomic E-state index is 12.9. The van der Waals surface area contributed by atoms with E-state index in [-0.39, 0.29) is 17.6 Å². The number of hydrogen-bond donors (Lipinski definition) is 1. The lowest BCUT2D eigenvalue weighted by Crippen LogP contribution is -2.27. The van der Waals surface area contributed by atoms with Crippen LogP contribution in [-0.4, -0.2) is 27.0 Å². The van der Waals surface area contributed by atoms with Gasteiger partial charge in [0.15, 0.2) is 0 Å². The molecule has 2 heterocycles. The average Bonchev–Trinajstić information content (AvgIpc) is 3.12. The second-order valence-corrected chi connectivity index (χ2v) is 6.27. The number of rotatable bonds is 6. The molecule has 3 rings (SSSR count). The van der Waals surface area contributed by atoms with Crippen LogP contribution in [-0.2, 0) is 11.2 Å². The molecule has 3 aromatic rings. The van der Waals surface area contributed by atoms with Gasteiger partial charge in [0.2, 0.25) is 10.9 Å². The highest BCUT2D eigenvalue weighted by atomic mass is 32.1. The maximum Gasteiger partial charge on any atom is 0.220 e. The number of amides is 1. The van der Waals surface area contributed by atoms with Crippen LogP contribution < -0.4 is 5.32 Å². The highest BCUT2D eigenvalue weighted by Crippen LogP contribution is 2.19. The van der Waals surface area contributed by atoms with E-state index in [1.54, 1.807) is 16.6 Å². The number of fused-ring (bicyclic) bond motifs is 1. The Kier molecular flexibility index (Phi) is 4.66. The van der Waals surface area contributed by atoms with Gasteiger partial charge in [-0.15, -0.1) is 11.3 Å². The number of nitrogens with one attached hydrogen (secondary N) is 1. The van der Waals surface area contributed by atoms with Crippen LogP contribution >= 0.6 is 11.3 Å². The lowest BCUT2D eigenvalue weighted by atomic mass is 9.97. The molecule has 2 aromatic heterocycles. The van der Waals surface area contributed by atoms with Crippen LogP contribution in [0.2, 0.25) is 0 Å². The summed E-state index contributed by atoms with van der Waals surface area (Å²) in [6, 6.07) is 6.29.